The molecule has 7 nitrogen and oxygen atoms in total. The minimum absolute atomic E-state index is 0.101. The molecular weight excluding hydrogens is 390 g/mol. The van der Waals surface area contributed by atoms with Crippen LogP contribution in [0.5, 0.6) is 5.88 Å². The van der Waals surface area contributed by atoms with Crippen molar-refractivity contribution in [1.82, 2.24) is 15.3 Å². The summed E-state index contributed by atoms with van der Waals surface area (Å²) in [5.41, 5.74) is 2.63. The molecule has 3 aromatic rings. The fourth-order valence-corrected chi connectivity index (χ4v) is 4.09. The SMILES string of the molecule is COc1ccc(S(=O)(=O)Cc2cc(C(=O)NCc3cccnc3)ccc2C)cn1. The number of ether oxygens (including phenoxy) is 1. The first-order valence-corrected chi connectivity index (χ1v) is 10.5. The quantitative estimate of drug-likeness (QED) is 0.642. The van der Waals surface area contributed by atoms with E-state index in [-0.39, 0.29) is 16.6 Å². The Balaban J connectivity index is 1.76. The smallest absolute Gasteiger partial charge is 0.251 e. The molecule has 0 bridgehead atoms. The number of hydrogen-bond acceptors (Lipinski definition) is 6. The van der Waals surface area contributed by atoms with Gasteiger partial charge in [0.15, 0.2) is 9.84 Å². The number of carbonyl (C=O) groups excluding carboxylic acids is 1. The summed E-state index contributed by atoms with van der Waals surface area (Å²) >= 11 is 0. The van der Waals surface area contributed by atoms with E-state index in [4.69, 9.17) is 4.74 Å². The molecule has 0 radical (unpaired) electrons. The second-order valence-electron chi connectivity index (χ2n) is 6.48. The van der Waals surface area contributed by atoms with Crippen molar-refractivity contribution >= 4 is 15.7 Å². The van der Waals surface area contributed by atoms with Crippen LogP contribution in [0, 0.1) is 6.92 Å². The van der Waals surface area contributed by atoms with Gasteiger partial charge in [0.05, 0.1) is 17.8 Å². The predicted octanol–water partition coefficient (Wildman–Crippen LogP) is 2.70. The maximum Gasteiger partial charge on any atom is 0.251 e. The number of methoxy groups -OCH3 is 1. The van der Waals surface area contributed by atoms with Crippen LogP contribution in [-0.4, -0.2) is 31.4 Å². The monoisotopic (exact) mass is 411 g/mol. The number of pyridine rings is 2. The van der Waals surface area contributed by atoms with E-state index < -0.39 is 9.84 Å². The Morgan fingerprint density at radius 2 is 1.97 bits per heavy atom. The topological polar surface area (TPSA) is 98.2 Å². The van der Waals surface area contributed by atoms with Gasteiger partial charge in [0.2, 0.25) is 5.88 Å². The third-order valence-corrected chi connectivity index (χ3v) is 6.06. The summed E-state index contributed by atoms with van der Waals surface area (Å²) in [5.74, 6) is -0.164. The largest absolute Gasteiger partial charge is 0.481 e. The molecular formula is C21H21N3O4S. The van der Waals surface area contributed by atoms with Gasteiger partial charge in [-0.1, -0.05) is 12.1 Å². The summed E-state index contributed by atoms with van der Waals surface area (Å²) in [6.07, 6.45) is 4.61. The van der Waals surface area contributed by atoms with Crippen LogP contribution in [0.2, 0.25) is 0 Å². The van der Waals surface area contributed by atoms with Gasteiger partial charge in [0.1, 0.15) is 0 Å². The Morgan fingerprint density at radius 1 is 1.14 bits per heavy atom. The summed E-state index contributed by atoms with van der Waals surface area (Å²) < 4.78 is 30.5. The molecule has 8 heteroatoms. The second-order valence-corrected chi connectivity index (χ2v) is 8.47. The highest BCUT2D eigenvalue weighted by molar-refractivity contribution is 7.90. The molecule has 0 aliphatic carbocycles. The Hall–Kier alpha value is -3.26. The van der Waals surface area contributed by atoms with Crippen molar-refractivity contribution < 1.29 is 17.9 Å². The zero-order valence-electron chi connectivity index (χ0n) is 16.1. The zero-order chi connectivity index (χ0) is 20.9. The number of hydrogen-bond donors (Lipinski definition) is 1. The van der Waals surface area contributed by atoms with Gasteiger partial charge in [-0.2, -0.15) is 0 Å². The van der Waals surface area contributed by atoms with Crippen LogP contribution in [0.1, 0.15) is 27.0 Å². The van der Waals surface area contributed by atoms with Gasteiger partial charge in [-0.15, -0.1) is 0 Å². The van der Waals surface area contributed by atoms with Gasteiger partial charge in [0.25, 0.3) is 5.91 Å². The van der Waals surface area contributed by atoms with Gasteiger partial charge in [-0.3, -0.25) is 9.78 Å². The maximum atomic E-state index is 12.8. The Labute approximate surface area is 169 Å². The molecule has 0 aliphatic heterocycles. The average Bonchev–Trinajstić information content (AvgIpc) is 2.74. The molecule has 0 spiro atoms. The zero-order valence-corrected chi connectivity index (χ0v) is 16.9. The van der Waals surface area contributed by atoms with Crippen LogP contribution in [0.3, 0.4) is 0 Å². The number of rotatable bonds is 7. The molecule has 29 heavy (non-hydrogen) atoms. The summed E-state index contributed by atoms with van der Waals surface area (Å²) in [7, 11) is -2.15. The lowest BCUT2D eigenvalue weighted by Gasteiger charge is -2.11. The molecule has 0 saturated carbocycles. The Kier molecular flexibility index (Phi) is 6.23. The number of benzene rings is 1. The van der Waals surface area contributed by atoms with Crippen molar-refractivity contribution in [2.45, 2.75) is 24.1 Å². The van der Waals surface area contributed by atoms with Gasteiger partial charge in [0, 0.05) is 36.8 Å². The highest BCUT2D eigenvalue weighted by atomic mass is 32.2. The van der Waals surface area contributed by atoms with E-state index >= 15 is 0 Å². The van der Waals surface area contributed by atoms with Crippen LogP contribution in [0.4, 0.5) is 0 Å². The first-order chi connectivity index (χ1) is 13.9. The number of nitrogens with zero attached hydrogens (tertiary/aromatic N) is 2. The van der Waals surface area contributed by atoms with Crippen LogP contribution >= 0.6 is 0 Å². The lowest BCUT2D eigenvalue weighted by atomic mass is 10.1. The van der Waals surface area contributed by atoms with E-state index in [1.54, 1.807) is 36.7 Å². The van der Waals surface area contributed by atoms with Crippen molar-refractivity contribution in [2.24, 2.45) is 0 Å². The molecule has 0 saturated heterocycles. The van der Waals surface area contributed by atoms with E-state index in [1.165, 1.54) is 25.4 Å². The molecule has 0 fully saturated rings. The fraction of sp³-hybridized carbons (Fsp3) is 0.190. The molecule has 1 N–H and O–H groups in total. The number of aromatic nitrogens is 2. The Bertz CT molecular complexity index is 1100. The highest BCUT2D eigenvalue weighted by Gasteiger charge is 2.18. The van der Waals surface area contributed by atoms with Crippen molar-refractivity contribution in [3.05, 3.63) is 83.3 Å². The Morgan fingerprint density at radius 3 is 2.62 bits per heavy atom. The van der Waals surface area contributed by atoms with Crippen molar-refractivity contribution in [1.29, 1.82) is 0 Å². The summed E-state index contributed by atoms with van der Waals surface area (Å²) in [6.45, 7) is 2.15. The third-order valence-electron chi connectivity index (χ3n) is 4.41. The fourth-order valence-electron chi connectivity index (χ4n) is 2.71. The molecule has 0 unspecified atom stereocenters. The summed E-state index contributed by atoms with van der Waals surface area (Å²) in [4.78, 5) is 20.5. The number of nitrogens with one attached hydrogen (secondary N) is 1. The van der Waals surface area contributed by atoms with E-state index in [2.05, 4.69) is 15.3 Å². The van der Waals surface area contributed by atoms with E-state index in [1.807, 2.05) is 13.0 Å². The molecule has 0 aliphatic rings. The van der Waals surface area contributed by atoms with Crippen molar-refractivity contribution in [2.75, 3.05) is 7.11 Å². The normalized spacial score (nSPS) is 11.1. The lowest BCUT2D eigenvalue weighted by Crippen LogP contribution is -2.23. The lowest BCUT2D eigenvalue weighted by molar-refractivity contribution is 0.0950. The summed E-state index contributed by atoms with van der Waals surface area (Å²) in [5, 5.41) is 2.82. The third kappa shape index (κ3) is 5.17. The molecule has 2 heterocycles. The number of carbonyl (C=O) groups is 1. The minimum atomic E-state index is -3.62. The number of sulfone groups is 1. The van der Waals surface area contributed by atoms with Gasteiger partial charge >= 0.3 is 0 Å². The predicted molar refractivity (Wildman–Crippen MR) is 108 cm³/mol. The van der Waals surface area contributed by atoms with Gasteiger partial charge in [-0.05, 0) is 47.9 Å². The first kappa shape index (κ1) is 20.5. The van der Waals surface area contributed by atoms with Crippen LogP contribution in [-0.2, 0) is 22.1 Å². The minimum Gasteiger partial charge on any atom is -0.481 e. The second kappa shape index (κ2) is 8.83. The average molecular weight is 411 g/mol. The van der Waals surface area contributed by atoms with Gasteiger partial charge < -0.3 is 10.1 Å². The van der Waals surface area contributed by atoms with Crippen LogP contribution in [0.25, 0.3) is 0 Å². The maximum absolute atomic E-state index is 12.8. The number of aryl methyl sites for hydroxylation is 1. The van der Waals surface area contributed by atoms with Crippen LogP contribution in [0.15, 0.2) is 66.0 Å². The van der Waals surface area contributed by atoms with Gasteiger partial charge in [-0.25, -0.2) is 13.4 Å². The number of amides is 1. The van der Waals surface area contributed by atoms with Crippen molar-refractivity contribution in [3.8, 4) is 5.88 Å². The van der Waals surface area contributed by atoms with E-state index in [0.29, 0.717) is 23.6 Å². The first-order valence-electron chi connectivity index (χ1n) is 8.88. The molecule has 1 amide bonds. The molecule has 2 aromatic heterocycles. The molecule has 0 atom stereocenters. The standard InChI is InChI=1S/C21H21N3O4S/c1-15-5-6-17(21(25)24-12-16-4-3-9-22-11-16)10-18(15)14-29(26,27)19-7-8-20(28-2)23-13-19/h3-11,13H,12,14H2,1-2H3,(H,24,25). The highest BCUT2D eigenvalue weighted by Crippen LogP contribution is 2.21. The van der Waals surface area contributed by atoms with Crippen LogP contribution < -0.4 is 10.1 Å². The van der Waals surface area contributed by atoms with Crippen molar-refractivity contribution in [3.63, 3.8) is 0 Å². The molecule has 1 aromatic carbocycles. The summed E-state index contributed by atoms with van der Waals surface area (Å²) in [6, 6.07) is 11.7. The van der Waals surface area contributed by atoms with E-state index in [0.717, 1.165) is 11.1 Å². The molecule has 3 rings (SSSR count). The molecule has 150 valence electrons. The van der Waals surface area contributed by atoms with E-state index in [9.17, 15) is 13.2 Å².